The molecule has 0 atom stereocenters. The molecule has 1 saturated heterocycles. The third-order valence-electron chi connectivity index (χ3n) is 6.40. The summed E-state index contributed by atoms with van der Waals surface area (Å²) in [4.78, 5) is 28.7. The van der Waals surface area contributed by atoms with Crippen LogP contribution in [0.5, 0.6) is 11.6 Å². The van der Waals surface area contributed by atoms with Crippen LogP contribution in [-0.2, 0) is 13.0 Å². The van der Waals surface area contributed by atoms with Crippen molar-refractivity contribution in [3.8, 4) is 11.6 Å². The number of ether oxygens (including phenoxy) is 1. The lowest BCUT2D eigenvalue weighted by Gasteiger charge is -2.34. The summed E-state index contributed by atoms with van der Waals surface area (Å²) in [6.07, 6.45) is 0.583. The van der Waals surface area contributed by atoms with E-state index in [9.17, 15) is 9.18 Å². The number of rotatable bonds is 4. The molecular weight excluding hydrogens is 447 g/mol. The second-order valence-electron chi connectivity index (χ2n) is 9.07. The first kappa shape index (κ1) is 23.0. The van der Waals surface area contributed by atoms with Crippen LogP contribution >= 0.6 is 0 Å². The first-order valence-electron chi connectivity index (χ1n) is 11.8. The van der Waals surface area contributed by atoms with E-state index in [-0.39, 0.29) is 11.8 Å². The van der Waals surface area contributed by atoms with Gasteiger partial charge in [0.25, 0.3) is 0 Å². The number of aromatic nitrogens is 2. The van der Waals surface area contributed by atoms with Gasteiger partial charge in [0.2, 0.25) is 11.8 Å². The standard InChI is InChI=1S/C26H29FN6O2/c1-18-6-8-20(9-7-18)28-26(34)33-11-10-23-22(17-33)24(35-21-5-3-4-19(27)16-21)30-25(29-23)32-14-12-31(2)13-15-32/h3-9,16H,10-15,17H2,1-2H3,(H,28,34). The summed E-state index contributed by atoms with van der Waals surface area (Å²) in [5.41, 5.74) is 3.48. The molecule has 1 aromatic heterocycles. The van der Waals surface area contributed by atoms with E-state index in [4.69, 9.17) is 14.7 Å². The van der Waals surface area contributed by atoms with Crippen molar-refractivity contribution in [3.63, 3.8) is 0 Å². The Kier molecular flexibility index (Phi) is 6.50. The Labute approximate surface area is 204 Å². The number of halogens is 1. The number of anilines is 2. The molecule has 0 radical (unpaired) electrons. The molecular formula is C26H29FN6O2. The van der Waals surface area contributed by atoms with E-state index in [1.165, 1.54) is 12.1 Å². The molecule has 5 rings (SSSR count). The summed E-state index contributed by atoms with van der Waals surface area (Å²) in [6, 6.07) is 13.5. The number of fused-ring (bicyclic) bond motifs is 1. The summed E-state index contributed by atoms with van der Waals surface area (Å²) < 4.78 is 19.9. The number of benzene rings is 2. The van der Waals surface area contributed by atoms with Gasteiger partial charge in [0.1, 0.15) is 11.6 Å². The van der Waals surface area contributed by atoms with Crippen LogP contribution in [0.4, 0.5) is 20.8 Å². The van der Waals surface area contributed by atoms with Crippen LogP contribution in [0.2, 0.25) is 0 Å². The number of amides is 2. The molecule has 3 heterocycles. The maximum atomic E-state index is 13.8. The lowest BCUT2D eigenvalue weighted by molar-refractivity contribution is 0.205. The molecule has 2 aliphatic heterocycles. The zero-order valence-electron chi connectivity index (χ0n) is 20.0. The van der Waals surface area contributed by atoms with Gasteiger partial charge in [-0.25, -0.2) is 14.2 Å². The molecule has 9 heteroatoms. The molecule has 8 nitrogen and oxygen atoms in total. The topological polar surface area (TPSA) is 73.8 Å². The van der Waals surface area contributed by atoms with Gasteiger partial charge in [0, 0.05) is 50.9 Å². The molecule has 0 bridgehead atoms. The minimum Gasteiger partial charge on any atom is -0.438 e. The number of nitrogens with zero attached hydrogens (tertiary/aromatic N) is 5. The Bertz CT molecular complexity index is 1210. The molecule has 3 aromatic rings. The normalized spacial score (nSPS) is 16.1. The summed E-state index contributed by atoms with van der Waals surface area (Å²) in [5.74, 6) is 0.948. The van der Waals surface area contributed by atoms with Gasteiger partial charge in [-0.3, -0.25) is 0 Å². The van der Waals surface area contributed by atoms with Gasteiger partial charge in [0.05, 0.1) is 17.8 Å². The van der Waals surface area contributed by atoms with Crippen molar-refractivity contribution in [3.05, 3.63) is 71.2 Å². The maximum absolute atomic E-state index is 13.8. The van der Waals surface area contributed by atoms with Crippen LogP contribution in [0.25, 0.3) is 0 Å². The Morgan fingerprint density at radius 1 is 1.03 bits per heavy atom. The number of carbonyl (C=O) groups excluding carboxylic acids is 1. The largest absolute Gasteiger partial charge is 0.438 e. The third-order valence-corrected chi connectivity index (χ3v) is 6.40. The Morgan fingerprint density at radius 3 is 2.54 bits per heavy atom. The second kappa shape index (κ2) is 9.87. The molecule has 2 aromatic carbocycles. The quantitative estimate of drug-likeness (QED) is 0.612. The SMILES string of the molecule is Cc1ccc(NC(=O)N2CCc3nc(N4CCN(C)CC4)nc(Oc4cccc(F)c4)c3C2)cc1. The van der Waals surface area contributed by atoms with Crippen molar-refractivity contribution >= 4 is 17.7 Å². The molecule has 0 aliphatic carbocycles. The molecule has 35 heavy (non-hydrogen) atoms. The highest BCUT2D eigenvalue weighted by molar-refractivity contribution is 5.89. The van der Waals surface area contributed by atoms with Gasteiger partial charge in [0.15, 0.2) is 0 Å². The van der Waals surface area contributed by atoms with Crippen molar-refractivity contribution in [2.75, 3.05) is 50.0 Å². The fourth-order valence-electron chi connectivity index (χ4n) is 4.26. The van der Waals surface area contributed by atoms with Crippen LogP contribution in [0.1, 0.15) is 16.8 Å². The summed E-state index contributed by atoms with van der Waals surface area (Å²) in [5, 5.41) is 2.96. The smallest absolute Gasteiger partial charge is 0.322 e. The number of hydrogen-bond acceptors (Lipinski definition) is 6. The summed E-state index contributed by atoms with van der Waals surface area (Å²) >= 11 is 0. The molecule has 182 valence electrons. The fraction of sp³-hybridized carbons (Fsp3) is 0.346. The maximum Gasteiger partial charge on any atom is 0.322 e. The van der Waals surface area contributed by atoms with E-state index in [0.29, 0.717) is 37.1 Å². The molecule has 0 saturated carbocycles. The van der Waals surface area contributed by atoms with Crippen LogP contribution in [0.15, 0.2) is 48.5 Å². The number of carbonyl (C=O) groups is 1. The highest BCUT2D eigenvalue weighted by Crippen LogP contribution is 2.32. The first-order chi connectivity index (χ1) is 16.9. The average Bonchev–Trinajstić information content (AvgIpc) is 2.85. The number of likely N-dealkylation sites (N-methyl/N-ethyl adjacent to an activating group) is 1. The Morgan fingerprint density at radius 2 is 1.80 bits per heavy atom. The zero-order chi connectivity index (χ0) is 24.4. The van der Waals surface area contributed by atoms with Crippen molar-refractivity contribution in [2.24, 2.45) is 0 Å². The first-order valence-corrected chi connectivity index (χ1v) is 11.8. The van der Waals surface area contributed by atoms with Gasteiger partial charge >= 0.3 is 6.03 Å². The number of urea groups is 1. The number of nitrogens with one attached hydrogen (secondary N) is 1. The zero-order valence-corrected chi connectivity index (χ0v) is 20.0. The van der Waals surface area contributed by atoms with Crippen LogP contribution in [0, 0.1) is 12.7 Å². The van der Waals surface area contributed by atoms with Crippen LogP contribution in [0.3, 0.4) is 0 Å². The van der Waals surface area contributed by atoms with E-state index in [2.05, 4.69) is 22.2 Å². The lowest BCUT2D eigenvalue weighted by Crippen LogP contribution is -2.45. The molecule has 0 spiro atoms. The lowest BCUT2D eigenvalue weighted by atomic mass is 10.1. The Balaban J connectivity index is 1.42. The van der Waals surface area contributed by atoms with Crippen LogP contribution in [-0.4, -0.2) is 65.6 Å². The monoisotopic (exact) mass is 476 g/mol. The van der Waals surface area contributed by atoms with Gasteiger partial charge < -0.3 is 24.8 Å². The minimum atomic E-state index is -0.385. The van der Waals surface area contributed by atoms with Crippen molar-refractivity contribution < 1.29 is 13.9 Å². The highest BCUT2D eigenvalue weighted by Gasteiger charge is 2.28. The fourth-order valence-corrected chi connectivity index (χ4v) is 4.26. The highest BCUT2D eigenvalue weighted by atomic mass is 19.1. The average molecular weight is 477 g/mol. The van der Waals surface area contributed by atoms with E-state index in [1.54, 1.807) is 17.0 Å². The number of aryl methyl sites for hydroxylation is 1. The van der Waals surface area contributed by atoms with E-state index >= 15 is 0 Å². The predicted molar refractivity (Wildman–Crippen MR) is 133 cm³/mol. The summed E-state index contributed by atoms with van der Waals surface area (Å²) in [6.45, 7) is 6.33. The van der Waals surface area contributed by atoms with Crippen LogP contribution < -0.4 is 15.0 Å². The van der Waals surface area contributed by atoms with E-state index in [0.717, 1.165) is 48.7 Å². The molecule has 2 aliphatic rings. The molecule has 0 unspecified atom stereocenters. The third kappa shape index (κ3) is 5.35. The molecule has 1 fully saturated rings. The van der Waals surface area contributed by atoms with E-state index in [1.807, 2.05) is 31.2 Å². The minimum absolute atomic E-state index is 0.195. The number of hydrogen-bond donors (Lipinski definition) is 1. The molecule has 2 amide bonds. The van der Waals surface area contributed by atoms with Gasteiger partial charge in [-0.1, -0.05) is 23.8 Å². The Hall–Kier alpha value is -3.72. The van der Waals surface area contributed by atoms with Gasteiger partial charge in [-0.05, 0) is 38.2 Å². The predicted octanol–water partition coefficient (Wildman–Crippen LogP) is 4.06. The number of piperazine rings is 1. The summed E-state index contributed by atoms with van der Waals surface area (Å²) in [7, 11) is 2.10. The molecule has 1 N–H and O–H groups in total. The van der Waals surface area contributed by atoms with Crippen molar-refractivity contribution in [1.82, 2.24) is 19.8 Å². The van der Waals surface area contributed by atoms with E-state index < -0.39 is 0 Å². The van der Waals surface area contributed by atoms with Crippen molar-refractivity contribution in [1.29, 1.82) is 0 Å². The second-order valence-corrected chi connectivity index (χ2v) is 9.07. The van der Waals surface area contributed by atoms with Gasteiger partial charge in [-0.2, -0.15) is 4.98 Å². The van der Waals surface area contributed by atoms with Crippen molar-refractivity contribution in [2.45, 2.75) is 19.9 Å². The van der Waals surface area contributed by atoms with Gasteiger partial charge in [-0.15, -0.1) is 0 Å².